The maximum atomic E-state index is 12.3. The third kappa shape index (κ3) is 3.95. The summed E-state index contributed by atoms with van der Waals surface area (Å²) in [6, 6.07) is 0.398. The van der Waals surface area contributed by atoms with Crippen molar-refractivity contribution in [3.63, 3.8) is 0 Å². The minimum absolute atomic E-state index is 0.345. The van der Waals surface area contributed by atoms with Crippen LogP contribution in [0.5, 0.6) is 0 Å². The van der Waals surface area contributed by atoms with E-state index >= 15 is 0 Å². The van der Waals surface area contributed by atoms with Gasteiger partial charge in [0.1, 0.15) is 0 Å². The Labute approximate surface area is 117 Å². The largest absolute Gasteiger partial charge is 0.342 e. The number of rotatable bonds is 5. The van der Waals surface area contributed by atoms with Crippen LogP contribution in [-0.2, 0) is 4.79 Å². The monoisotopic (exact) mass is 266 g/mol. The molecule has 2 N–H and O–H groups in total. The molecule has 0 aromatic carbocycles. The van der Waals surface area contributed by atoms with E-state index in [4.69, 9.17) is 5.73 Å². The zero-order valence-electron chi connectivity index (χ0n) is 12.4. The van der Waals surface area contributed by atoms with Crippen LogP contribution in [-0.4, -0.2) is 30.4 Å². The van der Waals surface area contributed by atoms with Gasteiger partial charge >= 0.3 is 0 Å². The second-order valence-electron chi connectivity index (χ2n) is 6.54. The molecule has 0 saturated heterocycles. The number of nitrogens with zero attached hydrogens (tertiary/aromatic N) is 1. The summed E-state index contributed by atoms with van der Waals surface area (Å²) in [7, 11) is 2.00. The number of carbonyl (C=O) groups is 1. The third-order valence-electron chi connectivity index (χ3n) is 5.30. The SMILES string of the molecule is CN(C(=O)CCC1CCCC1)C1CCCCC1CN. The molecule has 0 aliphatic heterocycles. The second-order valence-corrected chi connectivity index (χ2v) is 6.54. The molecule has 0 aromatic heterocycles. The van der Waals surface area contributed by atoms with E-state index in [0.29, 0.717) is 17.9 Å². The van der Waals surface area contributed by atoms with Crippen molar-refractivity contribution in [1.82, 2.24) is 4.90 Å². The summed E-state index contributed by atoms with van der Waals surface area (Å²) >= 11 is 0. The maximum Gasteiger partial charge on any atom is 0.222 e. The summed E-state index contributed by atoms with van der Waals surface area (Å²) in [5.41, 5.74) is 5.87. The van der Waals surface area contributed by atoms with Gasteiger partial charge in [-0.15, -0.1) is 0 Å². The van der Waals surface area contributed by atoms with Crippen LogP contribution in [0.4, 0.5) is 0 Å². The first kappa shape index (κ1) is 14.8. The molecule has 2 fully saturated rings. The summed E-state index contributed by atoms with van der Waals surface area (Å²) < 4.78 is 0. The Hall–Kier alpha value is -0.570. The van der Waals surface area contributed by atoms with E-state index in [1.807, 2.05) is 11.9 Å². The zero-order valence-corrected chi connectivity index (χ0v) is 12.4. The van der Waals surface area contributed by atoms with E-state index < -0.39 is 0 Å². The maximum absolute atomic E-state index is 12.3. The molecule has 3 nitrogen and oxygen atoms in total. The molecule has 0 bridgehead atoms. The highest BCUT2D eigenvalue weighted by Gasteiger charge is 2.30. The Kier molecular flexibility index (Phi) is 5.68. The van der Waals surface area contributed by atoms with Gasteiger partial charge in [-0.1, -0.05) is 38.5 Å². The lowest BCUT2D eigenvalue weighted by Gasteiger charge is -2.37. The molecule has 0 radical (unpaired) electrons. The first-order valence-corrected chi connectivity index (χ1v) is 8.18. The minimum atomic E-state index is 0.345. The van der Waals surface area contributed by atoms with Crippen molar-refractivity contribution in [3.05, 3.63) is 0 Å². The molecule has 2 aliphatic rings. The van der Waals surface area contributed by atoms with Gasteiger partial charge in [-0.25, -0.2) is 0 Å². The molecular weight excluding hydrogens is 236 g/mol. The van der Waals surface area contributed by atoms with Gasteiger partial charge in [-0.05, 0) is 37.6 Å². The number of carbonyl (C=O) groups excluding carboxylic acids is 1. The third-order valence-corrected chi connectivity index (χ3v) is 5.30. The standard InChI is InChI=1S/C16H30N2O/c1-18(15-9-5-4-8-14(15)12-17)16(19)11-10-13-6-2-3-7-13/h13-15H,2-12,17H2,1H3. The highest BCUT2D eigenvalue weighted by Crippen LogP contribution is 2.30. The molecule has 2 saturated carbocycles. The Morgan fingerprint density at radius 3 is 2.42 bits per heavy atom. The predicted octanol–water partition coefficient (Wildman–Crippen LogP) is 2.93. The van der Waals surface area contributed by atoms with E-state index in [1.165, 1.54) is 44.9 Å². The smallest absolute Gasteiger partial charge is 0.222 e. The molecule has 2 aliphatic carbocycles. The molecule has 3 heteroatoms. The van der Waals surface area contributed by atoms with E-state index in [1.54, 1.807) is 0 Å². The summed E-state index contributed by atoms with van der Waals surface area (Å²) in [6.07, 6.45) is 12.1. The molecule has 2 atom stereocenters. The molecule has 0 spiro atoms. The van der Waals surface area contributed by atoms with Crippen molar-refractivity contribution in [2.24, 2.45) is 17.6 Å². The van der Waals surface area contributed by atoms with Gasteiger partial charge in [-0.2, -0.15) is 0 Å². The van der Waals surface area contributed by atoms with Crippen LogP contribution in [0.1, 0.15) is 64.2 Å². The van der Waals surface area contributed by atoms with Gasteiger partial charge in [0.2, 0.25) is 5.91 Å². The first-order valence-electron chi connectivity index (χ1n) is 8.18. The quantitative estimate of drug-likeness (QED) is 0.831. The lowest BCUT2D eigenvalue weighted by molar-refractivity contribution is -0.134. The van der Waals surface area contributed by atoms with Gasteiger partial charge in [0.15, 0.2) is 0 Å². The Morgan fingerprint density at radius 1 is 1.11 bits per heavy atom. The molecule has 0 heterocycles. The fraction of sp³-hybridized carbons (Fsp3) is 0.938. The normalized spacial score (nSPS) is 28.5. The van der Waals surface area contributed by atoms with Gasteiger partial charge in [0.05, 0.1) is 0 Å². The van der Waals surface area contributed by atoms with E-state index in [2.05, 4.69) is 0 Å². The summed E-state index contributed by atoms with van der Waals surface area (Å²) in [4.78, 5) is 14.4. The highest BCUT2D eigenvalue weighted by molar-refractivity contribution is 5.76. The van der Waals surface area contributed by atoms with E-state index in [0.717, 1.165) is 31.7 Å². The number of nitrogens with two attached hydrogens (primary N) is 1. The number of hydrogen-bond acceptors (Lipinski definition) is 2. The fourth-order valence-corrected chi connectivity index (χ4v) is 3.96. The predicted molar refractivity (Wildman–Crippen MR) is 78.8 cm³/mol. The lowest BCUT2D eigenvalue weighted by atomic mass is 9.83. The van der Waals surface area contributed by atoms with Gasteiger partial charge < -0.3 is 10.6 Å². The van der Waals surface area contributed by atoms with Gasteiger partial charge in [0, 0.05) is 19.5 Å². The Balaban J connectivity index is 1.79. The molecule has 1 amide bonds. The van der Waals surface area contributed by atoms with Crippen molar-refractivity contribution in [1.29, 1.82) is 0 Å². The number of amides is 1. The van der Waals surface area contributed by atoms with Crippen LogP contribution in [0.15, 0.2) is 0 Å². The number of hydrogen-bond donors (Lipinski definition) is 1. The fourth-order valence-electron chi connectivity index (χ4n) is 3.96. The molecule has 2 rings (SSSR count). The van der Waals surface area contributed by atoms with Crippen molar-refractivity contribution in [2.45, 2.75) is 70.3 Å². The Bertz CT molecular complexity index is 286. The van der Waals surface area contributed by atoms with Crippen LogP contribution in [0.3, 0.4) is 0 Å². The lowest BCUT2D eigenvalue weighted by Crippen LogP contribution is -2.45. The van der Waals surface area contributed by atoms with Gasteiger partial charge in [0.25, 0.3) is 0 Å². The minimum Gasteiger partial charge on any atom is -0.342 e. The molecule has 2 unspecified atom stereocenters. The first-order chi connectivity index (χ1) is 9.22. The molecular formula is C16H30N2O. The van der Waals surface area contributed by atoms with Crippen LogP contribution in [0.2, 0.25) is 0 Å². The van der Waals surface area contributed by atoms with E-state index in [-0.39, 0.29) is 0 Å². The van der Waals surface area contributed by atoms with Crippen molar-refractivity contribution >= 4 is 5.91 Å². The summed E-state index contributed by atoms with van der Waals surface area (Å²) in [5, 5.41) is 0. The van der Waals surface area contributed by atoms with Crippen LogP contribution in [0, 0.1) is 11.8 Å². The molecule has 0 aromatic rings. The average molecular weight is 266 g/mol. The van der Waals surface area contributed by atoms with Crippen molar-refractivity contribution in [3.8, 4) is 0 Å². The van der Waals surface area contributed by atoms with Crippen LogP contribution < -0.4 is 5.73 Å². The highest BCUT2D eigenvalue weighted by atomic mass is 16.2. The van der Waals surface area contributed by atoms with Crippen LogP contribution >= 0.6 is 0 Å². The zero-order chi connectivity index (χ0) is 13.7. The van der Waals surface area contributed by atoms with Gasteiger partial charge in [-0.3, -0.25) is 4.79 Å². The van der Waals surface area contributed by atoms with E-state index in [9.17, 15) is 4.79 Å². The second kappa shape index (κ2) is 7.28. The molecule has 110 valence electrons. The Morgan fingerprint density at radius 2 is 1.74 bits per heavy atom. The topological polar surface area (TPSA) is 46.3 Å². The average Bonchev–Trinajstić information content (AvgIpc) is 2.97. The van der Waals surface area contributed by atoms with Crippen molar-refractivity contribution < 1.29 is 4.79 Å². The van der Waals surface area contributed by atoms with Crippen molar-refractivity contribution in [2.75, 3.05) is 13.6 Å². The van der Waals surface area contributed by atoms with Crippen LogP contribution in [0.25, 0.3) is 0 Å². The molecule has 19 heavy (non-hydrogen) atoms. The summed E-state index contributed by atoms with van der Waals surface area (Å²) in [5.74, 6) is 1.68. The summed E-state index contributed by atoms with van der Waals surface area (Å²) in [6.45, 7) is 0.727.